The van der Waals surface area contributed by atoms with Crippen LogP contribution >= 0.6 is 11.6 Å². The SMILES string of the molecule is CCOC(=O)c1cnn(-c2ccc(F)cc2)c1NS(=O)(=O)c1cccc(Cl)c1. The van der Waals surface area contributed by atoms with Gasteiger partial charge in [-0.05, 0) is 49.4 Å². The highest BCUT2D eigenvalue weighted by Gasteiger charge is 2.25. The van der Waals surface area contributed by atoms with Crippen molar-refractivity contribution < 1.29 is 22.3 Å². The molecule has 0 aliphatic heterocycles. The minimum Gasteiger partial charge on any atom is -0.462 e. The van der Waals surface area contributed by atoms with Crippen LogP contribution < -0.4 is 4.72 Å². The first-order chi connectivity index (χ1) is 13.3. The lowest BCUT2D eigenvalue weighted by Gasteiger charge is -2.13. The van der Waals surface area contributed by atoms with Crippen molar-refractivity contribution in [1.82, 2.24) is 9.78 Å². The van der Waals surface area contributed by atoms with E-state index in [1.807, 2.05) is 0 Å². The third kappa shape index (κ3) is 4.15. The summed E-state index contributed by atoms with van der Waals surface area (Å²) in [7, 11) is -4.09. The molecule has 3 rings (SSSR count). The summed E-state index contributed by atoms with van der Waals surface area (Å²) in [5.74, 6) is -1.35. The maximum absolute atomic E-state index is 13.2. The zero-order valence-electron chi connectivity index (χ0n) is 14.6. The maximum atomic E-state index is 13.2. The number of carbonyl (C=O) groups excluding carboxylic acids is 1. The van der Waals surface area contributed by atoms with Gasteiger partial charge in [0.1, 0.15) is 11.4 Å². The van der Waals surface area contributed by atoms with Gasteiger partial charge in [0.05, 0.1) is 23.4 Å². The molecule has 0 spiro atoms. The summed E-state index contributed by atoms with van der Waals surface area (Å²) in [4.78, 5) is 12.2. The van der Waals surface area contributed by atoms with Crippen molar-refractivity contribution in [3.8, 4) is 5.69 Å². The number of ether oxygens (including phenoxy) is 1. The number of aromatic nitrogens is 2. The molecule has 1 aromatic heterocycles. The average Bonchev–Trinajstić information content (AvgIpc) is 3.05. The summed E-state index contributed by atoms with van der Waals surface area (Å²) in [5.41, 5.74) is 0.262. The predicted molar refractivity (Wildman–Crippen MR) is 102 cm³/mol. The van der Waals surface area contributed by atoms with E-state index in [1.54, 1.807) is 6.92 Å². The predicted octanol–water partition coefficient (Wildman–Crippen LogP) is 3.64. The molecule has 0 saturated carbocycles. The smallest absolute Gasteiger partial charge is 0.343 e. The van der Waals surface area contributed by atoms with Crippen molar-refractivity contribution in [1.29, 1.82) is 0 Å². The highest BCUT2D eigenvalue weighted by atomic mass is 35.5. The molecule has 7 nitrogen and oxygen atoms in total. The summed E-state index contributed by atoms with van der Waals surface area (Å²) in [6.07, 6.45) is 1.18. The van der Waals surface area contributed by atoms with Gasteiger partial charge in [0.15, 0.2) is 5.82 Å². The van der Waals surface area contributed by atoms with Gasteiger partial charge in [0.2, 0.25) is 0 Å². The topological polar surface area (TPSA) is 90.3 Å². The fraction of sp³-hybridized carbons (Fsp3) is 0.111. The molecule has 1 N–H and O–H groups in total. The van der Waals surface area contributed by atoms with Crippen LogP contribution in [0.1, 0.15) is 17.3 Å². The molecule has 28 heavy (non-hydrogen) atoms. The molecule has 0 bridgehead atoms. The Hall–Kier alpha value is -2.91. The number of hydrogen-bond acceptors (Lipinski definition) is 5. The fourth-order valence-electron chi connectivity index (χ4n) is 2.40. The lowest BCUT2D eigenvalue weighted by molar-refractivity contribution is 0.0527. The molecule has 0 atom stereocenters. The highest BCUT2D eigenvalue weighted by molar-refractivity contribution is 7.92. The van der Waals surface area contributed by atoms with Crippen LogP contribution in [0.25, 0.3) is 5.69 Å². The molecule has 3 aromatic rings. The van der Waals surface area contributed by atoms with Gasteiger partial charge < -0.3 is 4.74 Å². The Bertz CT molecular complexity index is 1110. The van der Waals surface area contributed by atoms with E-state index < -0.39 is 21.8 Å². The van der Waals surface area contributed by atoms with E-state index in [0.29, 0.717) is 5.69 Å². The van der Waals surface area contributed by atoms with Crippen LogP contribution in [0.4, 0.5) is 10.2 Å². The van der Waals surface area contributed by atoms with Crippen molar-refractivity contribution >= 4 is 33.4 Å². The van der Waals surface area contributed by atoms with Gasteiger partial charge in [0, 0.05) is 5.02 Å². The van der Waals surface area contributed by atoms with Crippen LogP contribution in [0.2, 0.25) is 5.02 Å². The summed E-state index contributed by atoms with van der Waals surface area (Å²) >= 11 is 5.88. The van der Waals surface area contributed by atoms with Gasteiger partial charge in [-0.2, -0.15) is 5.10 Å². The molecule has 0 fully saturated rings. The van der Waals surface area contributed by atoms with Crippen LogP contribution in [0, 0.1) is 5.82 Å². The van der Waals surface area contributed by atoms with Crippen molar-refractivity contribution in [2.24, 2.45) is 0 Å². The van der Waals surface area contributed by atoms with E-state index in [-0.39, 0.29) is 27.9 Å². The van der Waals surface area contributed by atoms with E-state index in [1.165, 1.54) is 59.4 Å². The molecule has 0 radical (unpaired) electrons. The Kier molecular flexibility index (Phi) is 5.66. The minimum atomic E-state index is -4.09. The van der Waals surface area contributed by atoms with E-state index in [2.05, 4.69) is 9.82 Å². The first-order valence-electron chi connectivity index (χ1n) is 8.11. The molecule has 0 unspecified atom stereocenters. The Morgan fingerprint density at radius 3 is 2.61 bits per heavy atom. The molecule has 2 aromatic carbocycles. The number of benzene rings is 2. The molecule has 146 valence electrons. The van der Waals surface area contributed by atoms with Crippen molar-refractivity contribution in [3.63, 3.8) is 0 Å². The van der Waals surface area contributed by atoms with Crippen molar-refractivity contribution in [2.75, 3.05) is 11.3 Å². The van der Waals surface area contributed by atoms with Crippen LogP contribution in [-0.4, -0.2) is 30.8 Å². The number of sulfonamides is 1. The van der Waals surface area contributed by atoms with Crippen LogP contribution in [-0.2, 0) is 14.8 Å². The summed E-state index contributed by atoms with van der Waals surface area (Å²) < 4.78 is 47.3. The minimum absolute atomic E-state index is 0.0863. The Morgan fingerprint density at radius 1 is 1.25 bits per heavy atom. The molecule has 0 aliphatic rings. The second-order valence-electron chi connectivity index (χ2n) is 5.58. The normalized spacial score (nSPS) is 11.2. The van der Waals surface area contributed by atoms with Gasteiger partial charge in [-0.25, -0.2) is 22.3 Å². The van der Waals surface area contributed by atoms with Gasteiger partial charge in [-0.1, -0.05) is 17.7 Å². The number of rotatable bonds is 6. The van der Waals surface area contributed by atoms with Gasteiger partial charge in [-0.3, -0.25) is 4.72 Å². The average molecular weight is 424 g/mol. The lowest BCUT2D eigenvalue weighted by atomic mass is 10.3. The number of nitrogens with zero attached hydrogens (tertiary/aromatic N) is 2. The van der Waals surface area contributed by atoms with Crippen LogP contribution in [0.15, 0.2) is 59.6 Å². The van der Waals surface area contributed by atoms with E-state index in [4.69, 9.17) is 16.3 Å². The molecular weight excluding hydrogens is 409 g/mol. The van der Waals surface area contributed by atoms with Crippen molar-refractivity contribution in [3.05, 3.63) is 71.1 Å². The summed E-state index contributed by atoms with van der Waals surface area (Å²) in [5, 5.41) is 4.29. The Balaban J connectivity index is 2.10. The quantitative estimate of drug-likeness (QED) is 0.611. The monoisotopic (exact) mass is 423 g/mol. The largest absolute Gasteiger partial charge is 0.462 e. The van der Waals surface area contributed by atoms with Gasteiger partial charge in [-0.15, -0.1) is 0 Å². The number of esters is 1. The van der Waals surface area contributed by atoms with E-state index >= 15 is 0 Å². The number of nitrogens with one attached hydrogen (secondary N) is 1. The molecular formula is C18H15ClFN3O4S. The molecule has 0 saturated heterocycles. The highest BCUT2D eigenvalue weighted by Crippen LogP contribution is 2.25. The van der Waals surface area contributed by atoms with E-state index in [9.17, 15) is 17.6 Å². The van der Waals surface area contributed by atoms with Crippen molar-refractivity contribution in [2.45, 2.75) is 11.8 Å². The third-order valence-electron chi connectivity index (χ3n) is 3.67. The molecule has 1 heterocycles. The number of carbonyl (C=O) groups is 1. The summed E-state index contributed by atoms with van der Waals surface area (Å²) in [6, 6.07) is 10.8. The number of anilines is 1. The lowest BCUT2D eigenvalue weighted by Crippen LogP contribution is -2.18. The zero-order chi connectivity index (χ0) is 20.3. The standard InChI is InChI=1S/C18H15ClFN3O4S/c1-2-27-18(24)16-11-21-23(14-8-6-13(20)7-9-14)17(16)22-28(25,26)15-5-3-4-12(19)10-15/h3-11,22H,2H2,1H3. The first-order valence-corrected chi connectivity index (χ1v) is 9.97. The van der Waals surface area contributed by atoms with Gasteiger partial charge >= 0.3 is 5.97 Å². The second kappa shape index (κ2) is 7.99. The first kappa shape index (κ1) is 19.8. The Morgan fingerprint density at radius 2 is 1.96 bits per heavy atom. The van der Waals surface area contributed by atoms with Crippen LogP contribution in [0.5, 0.6) is 0 Å². The molecule has 0 aliphatic carbocycles. The molecule has 10 heteroatoms. The van der Waals surface area contributed by atoms with E-state index in [0.717, 1.165) is 0 Å². The maximum Gasteiger partial charge on any atom is 0.343 e. The van der Waals surface area contributed by atoms with Gasteiger partial charge in [0.25, 0.3) is 10.0 Å². The fourth-order valence-corrected chi connectivity index (χ4v) is 3.77. The zero-order valence-corrected chi connectivity index (χ0v) is 16.2. The number of halogens is 2. The van der Waals surface area contributed by atoms with Crippen LogP contribution in [0.3, 0.4) is 0 Å². The second-order valence-corrected chi connectivity index (χ2v) is 7.70. The third-order valence-corrected chi connectivity index (χ3v) is 5.24. The number of hydrogen-bond donors (Lipinski definition) is 1. The summed E-state index contributed by atoms with van der Waals surface area (Å²) in [6.45, 7) is 1.72. The molecule has 0 amide bonds. The Labute approximate surface area is 165 Å².